The Morgan fingerprint density at radius 2 is 2.03 bits per heavy atom. The predicted octanol–water partition coefficient (Wildman–Crippen LogP) is 4.18. The Balaban J connectivity index is 1.42. The van der Waals surface area contributed by atoms with Crippen molar-refractivity contribution in [2.75, 3.05) is 18.0 Å². The lowest BCUT2D eigenvalue weighted by Gasteiger charge is -2.17. The van der Waals surface area contributed by atoms with Gasteiger partial charge in [0.25, 0.3) is 0 Å². The second-order valence-electron chi connectivity index (χ2n) is 7.08. The first kappa shape index (κ1) is 19.3. The third-order valence-electron chi connectivity index (χ3n) is 4.99. The van der Waals surface area contributed by atoms with Gasteiger partial charge in [-0.3, -0.25) is 14.8 Å². The molecule has 1 fully saturated rings. The van der Waals surface area contributed by atoms with Crippen molar-refractivity contribution in [3.05, 3.63) is 70.1 Å². The van der Waals surface area contributed by atoms with Gasteiger partial charge in [0.05, 0.1) is 9.88 Å². The van der Waals surface area contributed by atoms with E-state index in [0.717, 1.165) is 21.8 Å². The van der Waals surface area contributed by atoms with E-state index in [9.17, 15) is 14.0 Å². The molecular formula is C21H21FN4O2S. The van der Waals surface area contributed by atoms with Crippen molar-refractivity contribution in [1.29, 1.82) is 0 Å². The molecule has 2 aromatic heterocycles. The van der Waals surface area contributed by atoms with Gasteiger partial charge in [0, 0.05) is 37.9 Å². The molecule has 3 heterocycles. The van der Waals surface area contributed by atoms with Crippen LogP contribution in [0.15, 0.2) is 42.6 Å². The Morgan fingerprint density at radius 1 is 1.24 bits per heavy atom. The second kappa shape index (κ2) is 8.16. The largest absolute Gasteiger partial charge is 0.325 e. The Labute approximate surface area is 172 Å². The number of rotatable bonds is 7. The van der Waals surface area contributed by atoms with Gasteiger partial charge in [0.2, 0.25) is 0 Å². The first-order chi connectivity index (χ1) is 14.0. The van der Waals surface area contributed by atoms with E-state index in [0.29, 0.717) is 37.4 Å². The van der Waals surface area contributed by atoms with Crippen LogP contribution in [0, 0.1) is 12.7 Å². The lowest BCUT2D eigenvalue weighted by molar-refractivity contribution is 0.0986. The zero-order valence-electron chi connectivity index (χ0n) is 16.0. The number of nitrogens with one attached hydrogen (secondary N) is 1. The van der Waals surface area contributed by atoms with Gasteiger partial charge in [-0.2, -0.15) is 5.10 Å². The van der Waals surface area contributed by atoms with Crippen LogP contribution in [0.5, 0.6) is 0 Å². The fourth-order valence-electron chi connectivity index (χ4n) is 3.40. The molecule has 1 aliphatic rings. The highest BCUT2D eigenvalue weighted by Crippen LogP contribution is 2.33. The Kier molecular flexibility index (Phi) is 5.44. The Morgan fingerprint density at radius 3 is 2.76 bits per heavy atom. The van der Waals surface area contributed by atoms with E-state index in [-0.39, 0.29) is 17.6 Å². The number of aryl methyl sites for hydroxylation is 2. The normalized spacial score (nSPS) is 14.1. The van der Waals surface area contributed by atoms with E-state index in [1.54, 1.807) is 28.1 Å². The van der Waals surface area contributed by atoms with Crippen LogP contribution in [0.2, 0.25) is 0 Å². The first-order valence-electron chi connectivity index (χ1n) is 9.44. The number of ketones is 1. The number of hydrogen-bond acceptors (Lipinski definition) is 4. The summed E-state index contributed by atoms with van der Waals surface area (Å²) in [5.41, 5.74) is 2.71. The van der Waals surface area contributed by atoms with E-state index in [1.165, 1.54) is 23.5 Å². The van der Waals surface area contributed by atoms with Crippen LogP contribution >= 0.6 is 11.3 Å². The van der Waals surface area contributed by atoms with Gasteiger partial charge in [-0.15, -0.1) is 11.3 Å². The summed E-state index contributed by atoms with van der Waals surface area (Å²) in [7, 11) is 0. The molecule has 0 aliphatic carbocycles. The van der Waals surface area contributed by atoms with Crippen molar-refractivity contribution < 1.29 is 14.0 Å². The Bertz CT molecular complexity index is 1010. The number of carbonyl (C=O) groups is 2. The van der Waals surface area contributed by atoms with Crippen molar-refractivity contribution in [2.45, 2.75) is 26.3 Å². The third kappa shape index (κ3) is 4.22. The Hall–Kier alpha value is -3.00. The van der Waals surface area contributed by atoms with Crippen LogP contribution in [0.3, 0.4) is 0 Å². The van der Waals surface area contributed by atoms with Gasteiger partial charge < -0.3 is 4.90 Å². The number of carbonyl (C=O) groups excluding carboxylic acids is 2. The fourth-order valence-corrected chi connectivity index (χ4v) is 4.57. The van der Waals surface area contributed by atoms with Gasteiger partial charge in [-0.25, -0.2) is 9.18 Å². The molecule has 0 unspecified atom stereocenters. The minimum absolute atomic E-state index is 0.0724. The molecule has 6 nitrogen and oxygen atoms in total. The zero-order chi connectivity index (χ0) is 20.4. The smallest absolute Gasteiger partial charge is 0.318 e. The van der Waals surface area contributed by atoms with E-state index in [1.807, 2.05) is 19.1 Å². The minimum Gasteiger partial charge on any atom is -0.318 e. The molecule has 0 spiro atoms. The molecule has 1 aromatic carbocycles. The molecule has 0 bridgehead atoms. The topological polar surface area (TPSA) is 69.3 Å². The molecule has 0 atom stereocenters. The zero-order valence-corrected chi connectivity index (χ0v) is 16.8. The van der Waals surface area contributed by atoms with Gasteiger partial charge in [0.15, 0.2) is 5.78 Å². The van der Waals surface area contributed by atoms with Gasteiger partial charge in [0.1, 0.15) is 5.82 Å². The molecule has 3 aromatic rings. The number of H-pyrrole nitrogens is 1. The first-order valence-corrected chi connectivity index (χ1v) is 10.3. The molecule has 150 valence electrons. The number of aromatic amines is 1. The summed E-state index contributed by atoms with van der Waals surface area (Å²) in [4.78, 5) is 29.6. The lowest BCUT2D eigenvalue weighted by Crippen LogP contribution is -2.30. The molecule has 0 radical (unpaired) electrons. The summed E-state index contributed by atoms with van der Waals surface area (Å²) in [5.74, 6) is -0.218. The number of thiophene rings is 1. The molecule has 4 rings (SSSR count). The third-order valence-corrected chi connectivity index (χ3v) is 6.29. The van der Waals surface area contributed by atoms with Crippen molar-refractivity contribution in [3.8, 4) is 0 Å². The summed E-state index contributed by atoms with van der Waals surface area (Å²) < 4.78 is 13.1. The minimum atomic E-state index is -0.290. The summed E-state index contributed by atoms with van der Waals surface area (Å²) in [6, 6.07) is 9.86. The standard InChI is InChI=1S/C21H21FN4O2S/c1-14-12-19(29-20(14)18(27)7-6-17-8-9-23-24-17)26-11-10-25(21(26)28)13-15-2-4-16(22)5-3-15/h2-5,8-9,12H,6-7,10-11,13H2,1H3,(H,23,24). The number of halogens is 1. The summed E-state index contributed by atoms with van der Waals surface area (Å²) in [6.45, 7) is 3.51. The monoisotopic (exact) mass is 412 g/mol. The highest BCUT2D eigenvalue weighted by Gasteiger charge is 2.31. The maximum Gasteiger partial charge on any atom is 0.325 e. The SMILES string of the molecule is Cc1cc(N2CCN(Cc3ccc(F)cc3)C2=O)sc1C(=O)CCc1ccn[nH]1. The quantitative estimate of drug-likeness (QED) is 0.592. The van der Waals surface area contributed by atoms with Crippen LogP contribution in [0.25, 0.3) is 0 Å². The molecular weight excluding hydrogens is 391 g/mol. The summed E-state index contributed by atoms with van der Waals surface area (Å²) in [6.07, 6.45) is 2.68. The molecule has 0 saturated carbocycles. The number of hydrogen-bond donors (Lipinski definition) is 1. The van der Waals surface area contributed by atoms with Gasteiger partial charge in [-0.05, 0) is 48.7 Å². The number of nitrogens with zero attached hydrogens (tertiary/aromatic N) is 3. The van der Waals surface area contributed by atoms with E-state index >= 15 is 0 Å². The van der Waals surface area contributed by atoms with Crippen molar-refractivity contribution >= 4 is 28.2 Å². The van der Waals surface area contributed by atoms with Crippen LogP contribution in [-0.2, 0) is 13.0 Å². The van der Waals surface area contributed by atoms with Gasteiger partial charge >= 0.3 is 6.03 Å². The molecule has 8 heteroatoms. The number of amides is 2. The maximum atomic E-state index is 13.1. The van der Waals surface area contributed by atoms with Gasteiger partial charge in [-0.1, -0.05) is 12.1 Å². The highest BCUT2D eigenvalue weighted by molar-refractivity contribution is 7.18. The van der Waals surface area contributed by atoms with Crippen LogP contribution in [0.4, 0.5) is 14.2 Å². The maximum absolute atomic E-state index is 13.1. The van der Waals surface area contributed by atoms with E-state index in [4.69, 9.17) is 0 Å². The lowest BCUT2D eigenvalue weighted by atomic mass is 10.1. The number of Topliss-reactive ketones (excluding diaryl/α,β-unsaturated/α-hetero) is 1. The molecule has 1 N–H and O–H groups in total. The van der Waals surface area contributed by atoms with Crippen LogP contribution in [0.1, 0.15) is 32.9 Å². The van der Waals surface area contributed by atoms with Crippen molar-refractivity contribution in [1.82, 2.24) is 15.1 Å². The summed E-state index contributed by atoms with van der Waals surface area (Å²) >= 11 is 1.37. The fraction of sp³-hybridized carbons (Fsp3) is 0.286. The average Bonchev–Trinajstić information content (AvgIpc) is 3.43. The van der Waals surface area contributed by atoms with Crippen molar-refractivity contribution in [2.24, 2.45) is 0 Å². The molecule has 1 aliphatic heterocycles. The summed E-state index contributed by atoms with van der Waals surface area (Å²) in [5, 5.41) is 7.55. The number of aromatic nitrogens is 2. The second-order valence-corrected chi connectivity index (χ2v) is 8.11. The van der Waals surface area contributed by atoms with Crippen molar-refractivity contribution in [3.63, 3.8) is 0 Å². The highest BCUT2D eigenvalue weighted by atomic mass is 32.1. The van der Waals surface area contributed by atoms with Crippen LogP contribution in [-0.4, -0.2) is 40.0 Å². The number of benzene rings is 1. The van der Waals surface area contributed by atoms with E-state index in [2.05, 4.69) is 10.2 Å². The molecule has 29 heavy (non-hydrogen) atoms. The molecule has 1 saturated heterocycles. The molecule has 2 amide bonds. The predicted molar refractivity (Wildman–Crippen MR) is 110 cm³/mol. The number of anilines is 1. The average molecular weight is 412 g/mol. The van der Waals surface area contributed by atoms with Crippen LogP contribution < -0.4 is 4.90 Å². The number of urea groups is 1. The van der Waals surface area contributed by atoms with E-state index < -0.39 is 0 Å².